The molecule has 0 saturated carbocycles. The number of hydrogen-bond acceptors (Lipinski definition) is 4. The van der Waals surface area contributed by atoms with Crippen molar-refractivity contribution in [3.63, 3.8) is 0 Å². The summed E-state index contributed by atoms with van der Waals surface area (Å²) in [7, 11) is 0. The topological polar surface area (TPSA) is 32.3 Å². The molecule has 1 N–H and O–H groups in total. The first-order valence-electron chi connectivity index (χ1n) is 6.72. The largest absolute Gasteiger partial charge is 0.320 e. The number of carbonyl (C=O) groups excluding carboxylic acids is 1. The molecule has 0 bridgehead atoms. The molecule has 19 heavy (non-hydrogen) atoms. The van der Waals surface area contributed by atoms with Crippen LogP contribution in [0.5, 0.6) is 0 Å². The summed E-state index contributed by atoms with van der Waals surface area (Å²) in [5.74, 6) is 1.79. The molecule has 1 amide bonds. The standard InChI is InChI=1S/C14H22N2OS2/c1-10(2)9-11-14(17)16(6-8-18-3)13(15-11)12-5-4-7-19-12/h4-5,7,10-11,13,15H,6,8-9H2,1-3H3. The molecule has 5 heteroatoms. The highest BCUT2D eigenvalue weighted by molar-refractivity contribution is 7.98. The average molecular weight is 298 g/mol. The minimum Gasteiger partial charge on any atom is -0.320 e. The second-order valence-corrected chi connectivity index (χ2v) is 7.26. The van der Waals surface area contributed by atoms with Crippen LogP contribution >= 0.6 is 23.1 Å². The number of thioether (sulfide) groups is 1. The minimum absolute atomic E-state index is 0.0195. The van der Waals surface area contributed by atoms with Gasteiger partial charge >= 0.3 is 0 Å². The molecule has 1 aromatic rings. The van der Waals surface area contributed by atoms with Gasteiger partial charge in [-0.05, 0) is 30.0 Å². The van der Waals surface area contributed by atoms with Gasteiger partial charge in [0, 0.05) is 17.2 Å². The Morgan fingerprint density at radius 1 is 1.53 bits per heavy atom. The summed E-state index contributed by atoms with van der Waals surface area (Å²) in [5, 5.41) is 5.58. The molecule has 0 aromatic carbocycles. The Balaban J connectivity index is 2.13. The average Bonchev–Trinajstić information content (AvgIpc) is 2.97. The number of amides is 1. The van der Waals surface area contributed by atoms with Crippen molar-refractivity contribution in [1.82, 2.24) is 10.2 Å². The van der Waals surface area contributed by atoms with Crippen LogP contribution in [0.2, 0.25) is 0 Å². The predicted octanol–water partition coefficient (Wildman–Crippen LogP) is 2.96. The molecule has 2 atom stereocenters. The zero-order chi connectivity index (χ0) is 13.8. The zero-order valence-corrected chi connectivity index (χ0v) is 13.4. The minimum atomic E-state index is -0.0195. The Morgan fingerprint density at radius 3 is 2.89 bits per heavy atom. The van der Waals surface area contributed by atoms with E-state index in [2.05, 4.69) is 42.9 Å². The van der Waals surface area contributed by atoms with Crippen LogP contribution in [0.1, 0.15) is 31.3 Å². The molecule has 1 aliphatic rings. The van der Waals surface area contributed by atoms with E-state index < -0.39 is 0 Å². The number of thiophene rings is 1. The molecule has 0 aliphatic carbocycles. The van der Waals surface area contributed by atoms with Crippen molar-refractivity contribution in [3.05, 3.63) is 22.4 Å². The maximum Gasteiger partial charge on any atom is 0.241 e. The first-order valence-corrected chi connectivity index (χ1v) is 8.99. The van der Waals surface area contributed by atoms with Gasteiger partial charge in [0.1, 0.15) is 6.17 Å². The molecule has 1 aromatic heterocycles. The second kappa shape index (κ2) is 6.77. The maximum atomic E-state index is 12.5. The van der Waals surface area contributed by atoms with Gasteiger partial charge in [0.25, 0.3) is 0 Å². The molecule has 1 fully saturated rings. The quantitative estimate of drug-likeness (QED) is 0.876. The lowest BCUT2D eigenvalue weighted by molar-refractivity contribution is -0.130. The van der Waals surface area contributed by atoms with E-state index in [1.807, 2.05) is 4.90 Å². The van der Waals surface area contributed by atoms with Gasteiger partial charge in [0.15, 0.2) is 0 Å². The van der Waals surface area contributed by atoms with Crippen molar-refractivity contribution in [3.8, 4) is 0 Å². The van der Waals surface area contributed by atoms with Gasteiger partial charge in [0.05, 0.1) is 6.04 Å². The van der Waals surface area contributed by atoms with E-state index in [-0.39, 0.29) is 18.1 Å². The Hall–Kier alpha value is -0.520. The third-order valence-corrected chi connectivity index (χ3v) is 4.82. The van der Waals surface area contributed by atoms with Gasteiger partial charge in [0.2, 0.25) is 5.91 Å². The first kappa shape index (κ1) is 14.9. The molecule has 1 aliphatic heterocycles. The Kier molecular flexibility index (Phi) is 5.30. The number of hydrogen-bond donors (Lipinski definition) is 1. The fourth-order valence-electron chi connectivity index (χ4n) is 2.43. The number of nitrogens with one attached hydrogen (secondary N) is 1. The highest BCUT2D eigenvalue weighted by Crippen LogP contribution is 2.30. The van der Waals surface area contributed by atoms with E-state index in [9.17, 15) is 4.79 Å². The lowest BCUT2D eigenvalue weighted by Crippen LogP contribution is -2.33. The molecule has 2 heterocycles. The highest BCUT2D eigenvalue weighted by atomic mass is 32.2. The van der Waals surface area contributed by atoms with Gasteiger partial charge in [-0.25, -0.2) is 0 Å². The number of rotatable bonds is 6. The smallest absolute Gasteiger partial charge is 0.241 e. The van der Waals surface area contributed by atoms with E-state index in [0.29, 0.717) is 5.92 Å². The van der Waals surface area contributed by atoms with Crippen molar-refractivity contribution < 1.29 is 4.79 Å². The van der Waals surface area contributed by atoms with Crippen molar-refractivity contribution in [1.29, 1.82) is 0 Å². The SMILES string of the molecule is CSCCN1C(=O)C(CC(C)C)NC1c1cccs1. The fourth-order valence-corrected chi connectivity index (χ4v) is 3.61. The van der Waals surface area contributed by atoms with Gasteiger partial charge in [-0.2, -0.15) is 11.8 Å². The number of nitrogens with zero attached hydrogens (tertiary/aromatic N) is 1. The predicted molar refractivity (Wildman–Crippen MR) is 83.5 cm³/mol. The summed E-state index contributed by atoms with van der Waals surface area (Å²) in [6, 6.07) is 4.14. The van der Waals surface area contributed by atoms with E-state index in [1.165, 1.54) is 4.88 Å². The van der Waals surface area contributed by atoms with Crippen molar-refractivity contribution in [2.45, 2.75) is 32.5 Å². The van der Waals surface area contributed by atoms with E-state index >= 15 is 0 Å². The molecule has 106 valence electrons. The molecule has 0 radical (unpaired) electrons. The van der Waals surface area contributed by atoms with E-state index in [1.54, 1.807) is 23.1 Å². The van der Waals surface area contributed by atoms with Crippen LogP contribution in [-0.2, 0) is 4.79 Å². The Bertz CT molecular complexity index is 406. The van der Waals surface area contributed by atoms with Crippen molar-refractivity contribution >= 4 is 29.0 Å². The summed E-state index contributed by atoms with van der Waals surface area (Å²) >= 11 is 3.50. The third kappa shape index (κ3) is 3.52. The van der Waals surface area contributed by atoms with Gasteiger partial charge < -0.3 is 4.90 Å². The fraction of sp³-hybridized carbons (Fsp3) is 0.643. The molecule has 0 spiro atoms. The van der Waals surface area contributed by atoms with Crippen LogP contribution in [0, 0.1) is 5.92 Å². The van der Waals surface area contributed by atoms with E-state index in [4.69, 9.17) is 0 Å². The normalized spacial score (nSPS) is 23.6. The van der Waals surface area contributed by atoms with Crippen molar-refractivity contribution in [2.24, 2.45) is 5.92 Å². The molecule has 1 saturated heterocycles. The van der Waals surface area contributed by atoms with Crippen LogP contribution in [-0.4, -0.2) is 35.4 Å². The Morgan fingerprint density at radius 2 is 2.32 bits per heavy atom. The molecule has 2 unspecified atom stereocenters. The Labute approximate surface area is 123 Å². The summed E-state index contributed by atoms with van der Waals surface area (Å²) in [5.41, 5.74) is 0. The first-order chi connectivity index (χ1) is 9.13. The second-order valence-electron chi connectivity index (χ2n) is 5.29. The third-order valence-electron chi connectivity index (χ3n) is 3.31. The zero-order valence-electron chi connectivity index (χ0n) is 11.8. The van der Waals surface area contributed by atoms with Crippen LogP contribution < -0.4 is 5.32 Å². The van der Waals surface area contributed by atoms with Crippen LogP contribution in [0.15, 0.2) is 17.5 Å². The van der Waals surface area contributed by atoms with Gasteiger partial charge in [-0.15, -0.1) is 11.3 Å². The van der Waals surface area contributed by atoms with Crippen LogP contribution in [0.25, 0.3) is 0 Å². The van der Waals surface area contributed by atoms with Gasteiger partial charge in [-0.3, -0.25) is 10.1 Å². The molecule has 2 rings (SSSR count). The lowest BCUT2D eigenvalue weighted by Gasteiger charge is -2.22. The number of carbonyl (C=O) groups is 1. The van der Waals surface area contributed by atoms with Crippen LogP contribution in [0.3, 0.4) is 0 Å². The maximum absolute atomic E-state index is 12.5. The van der Waals surface area contributed by atoms with E-state index in [0.717, 1.165) is 18.7 Å². The summed E-state index contributed by atoms with van der Waals surface area (Å²) in [6.45, 7) is 5.16. The summed E-state index contributed by atoms with van der Waals surface area (Å²) < 4.78 is 0. The molecule has 3 nitrogen and oxygen atoms in total. The summed E-state index contributed by atoms with van der Waals surface area (Å²) in [4.78, 5) is 15.8. The van der Waals surface area contributed by atoms with Crippen LogP contribution in [0.4, 0.5) is 0 Å². The summed E-state index contributed by atoms with van der Waals surface area (Å²) in [6.07, 6.45) is 3.07. The van der Waals surface area contributed by atoms with Gasteiger partial charge in [-0.1, -0.05) is 19.9 Å². The molecular weight excluding hydrogens is 276 g/mol. The van der Waals surface area contributed by atoms with Crippen molar-refractivity contribution in [2.75, 3.05) is 18.6 Å². The monoisotopic (exact) mass is 298 g/mol. The highest BCUT2D eigenvalue weighted by Gasteiger charge is 2.39. The molecular formula is C14H22N2OS2. The lowest BCUT2D eigenvalue weighted by atomic mass is 10.0.